The first-order valence-electron chi connectivity index (χ1n) is 8.06. The predicted octanol–water partition coefficient (Wildman–Crippen LogP) is 3.50. The number of nitrogens with zero attached hydrogens (tertiary/aromatic N) is 3. The Bertz CT molecular complexity index is 992. The highest BCUT2D eigenvalue weighted by Gasteiger charge is 2.13. The van der Waals surface area contributed by atoms with E-state index in [9.17, 15) is 4.79 Å². The maximum Gasteiger partial charge on any atom is 0.259 e. The fourth-order valence-electron chi connectivity index (χ4n) is 3.13. The highest BCUT2D eigenvalue weighted by Crippen LogP contribution is 2.22. The summed E-state index contributed by atoms with van der Waals surface area (Å²) < 4.78 is 2.03. The van der Waals surface area contributed by atoms with Crippen LogP contribution >= 0.6 is 11.6 Å². The maximum absolute atomic E-state index is 12.3. The summed E-state index contributed by atoms with van der Waals surface area (Å²) in [6, 6.07) is 7.59. The van der Waals surface area contributed by atoms with Crippen LogP contribution < -0.4 is 5.56 Å². The molecule has 0 unspecified atom stereocenters. The summed E-state index contributed by atoms with van der Waals surface area (Å²) in [7, 11) is 0. The minimum absolute atomic E-state index is 0.186. The van der Waals surface area contributed by atoms with Crippen LogP contribution in [-0.2, 0) is 13.0 Å². The third kappa shape index (κ3) is 2.65. The van der Waals surface area contributed by atoms with Crippen LogP contribution in [0.2, 0.25) is 0 Å². The number of rotatable bonds is 2. The number of hydrogen-bond acceptors (Lipinski definition) is 3. The molecule has 0 bridgehead atoms. The van der Waals surface area contributed by atoms with Crippen LogP contribution in [-0.4, -0.2) is 19.7 Å². The Morgan fingerprint density at radius 2 is 2.25 bits per heavy atom. The van der Waals surface area contributed by atoms with E-state index < -0.39 is 0 Å². The normalized spacial score (nSPS) is 14.8. The van der Waals surface area contributed by atoms with Crippen LogP contribution in [0.1, 0.15) is 35.6 Å². The topological polar surface area (TPSA) is 63.6 Å². The SMILES string of the molecule is Cc1cccc2c(=O)[nH]c(/C(Cl)=C/c3cc4n(n3)CCCC4)nc12. The van der Waals surface area contributed by atoms with Crippen molar-refractivity contribution in [3.63, 3.8) is 0 Å². The summed E-state index contributed by atoms with van der Waals surface area (Å²) in [5.41, 5.74) is 3.46. The van der Waals surface area contributed by atoms with E-state index in [0.29, 0.717) is 21.8 Å². The van der Waals surface area contributed by atoms with Crippen molar-refractivity contribution in [1.82, 2.24) is 19.7 Å². The molecule has 0 saturated heterocycles. The maximum atomic E-state index is 12.3. The third-order valence-electron chi connectivity index (χ3n) is 4.37. The molecule has 0 spiro atoms. The van der Waals surface area contributed by atoms with E-state index >= 15 is 0 Å². The van der Waals surface area contributed by atoms with Crippen molar-refractivity contribution < 1.29 is 0 Å². The minimum Gasteiger partial charge on any atom is -0.305 e. The van der Waals surface area contributed by atoms with Gasteiger partial charge in [0.25, 0.3) is 5.56 Å². The van der Waals surface area contributed by atoms with Gasteiger partial charge in [0.15, 0.2) is 5.82 Å². The van der Waals surface area contributed by atoms with Crippen LogP contribution in [0.25, 0.3) is 22.0 Å². The Morgan fingerprint density at radius 1 is 1.38 bits per heavy atom. The molecular formula is C18H17ClN4O. The molecule has 5 nitrogen and oxygen atoms in total. The molecule has 0 atom stereocenters. The lowest BCUT2D eigenvalue weighted by Crippen LogP contribution is -2.11. The van der Waals surface area contributed by atoms with Gasteiger partial charge in [0.05, 0.1) is 21.6 Å². The van der Waals surface area contributed by atoms with Gasteiger partial charge in [-0.3, -0.25) is 9.48 Å². The van der Waals surface area contributed by atoms with E-state index in [1.165, 1.54) is 12.1 Å². The lowest BCUT2D eigenvalue weighted by molar-refractivity contribution is 0.486. The van der Waals surface area contributed by atoms with Crippen LogP contribution in [0.5, 0.6) is 0 Å². The highest BCUT2D eigenvalue weighted by molar-refractivity contribution is 6.50. The average molecular weight is 341 g/mol. The summed E-state index contributed by atoms with van der Waals surface area (Å²) in [6.07, 6.45) is 5.16. The van der Waals surface area contributed by atoms with Crippen molar-refractivity contribution in [2.75, 3.05) is 0 Å². The number of H-pyrrole nitrogens is 1. The number of para-hydroxylation sites is 1. The zero-order valence-electron chi connectivity index (χ0n) is 13.3. The summed E-state index contributed by atoms with van der Waals surface area (Å²) in [5, 5.41) is 5.51. The molecule has 0 amide bonds. The fourth-order valence-corrected chi connectivity index (χ4v) is 3.33. The molecular weight excluding hydrogens is 324 g/mol. The number of aromatic nitrogens is 4. The Kier molecular flexibility index (Phi) is 3.73. The Balaban J connectivity index is 1.77. The zero-order chi connectivity index (χ0) is 16.7. The first-order valence-corrected chi connectivity index (χ1v) is 8.43. The molecule has 3 aromatic rings. The first-order chi connectivity index (χ1) is 11.6. The van der Waals surface area contributed by atoms with Gasteiger partial charge in [-0.1, -0.05) is 23.7 Å². The monoisotopic (exact) mass is 340 g/mol. The quantitative estimate of drug-likeness (QED) is 0.776. The molecule has 0 radical (unpaired) electrons. The van der Waals surface area contributed by atoms with Gasteiger partial charge in [0.2, 0.25) is 0 Å². The Labute approximate surface area is 144 Å². The predicted molar refractivity (Wildman–Crippen MR) is 96.0 cm³/mol. The van der Waals surface area contributed by atoms with Crippen molar-refractivity contribution in [3.05, 3.63) is 57.4 Å². The lowest BCUT2D eigenvalue weighted by Gasteiger charge is -2.11. The van der Waals surface area contributed by atoms with Gasteiger partial charge in [-0.25, -0.2) is 4.98 Å². The molecule has 6 heteroatoms. The number of aromatic amines is 1. The standard InChI is InChI=1S/C18H17ClN4O/c1-11-5-4-7-14-16(11)20-17(21-18(14)24)15(19)10-12-9-13-6-2-3-8-23(13)22-12/h4-5,7,9-10H,2-3,6,8H2,1H3,(H,20,21,24)/b15-10-. The van der Waals surface area contributed by atoms with Crippen LogP contribution in [0.15, 0.2) is 29.1 Å². The molecule has 1 N–H and O–H groups in total. The van der Waals surface area contributed by atoms with E-state index in [1.807, 2.05) is 29.8 Å². The first kappa shape index (κ1) is 15.1. The van der Waals surface area contributed by atoms with E-state index in [2.05, 4.69) is 15.1 Å². The molecule has 0 fully saturated rings. The molecule has 1 aliphatic heterocycles. The van der Waals surface area contributed by atoms with E-state index in [4.69, 9.17) is 11.6 Å². The van der Waals surface area contributed by atoms with Crippen molar-refractivity contribution in [1.29, 1.82) is 0 Å². The van der Waals surface area contributed by atoms with Crippen LogP contribution in [0.4, 0.5) is 0 Å². The zero-order valence-corrected chi connectivity index (χ0v) is 14.1. The van der Waals surface area contributed by atoms with Crippen molar-refractivity contribution >= 4 is 33.6 Å². The molecule has 1 aromatic carbocycles. The smallest absolute Gasteiger partial charge is 0.259 e. The lowest BCUT2D eigenvalue weighted by atomic mass is 10.1. The average Bonchev–Trinajstić information content (AvgIpc) is 2.97. The molecule has 3 heterocycles. The van der Waals surface area contributed by atoms with Crippen molar-refractivity contribution in [3.8, 4) is 0 Å². The summed E-state index contributed by atoms with van der Waals surface area (Å²) in [6.45, 7) is 2.88. The number of halogens is 1. The Hall–Kier alpha value is -2.40. The van der Waals surface area contributed by atoms with Gasteiger partial charge in [0.1, 0.15) is 0 Å². The van der Waals surface area contributed by atoms with Gasteiger partial charge in [-0.05, 0) is 50.0 Å². The molecule has 122 valence electrons. The minimum atomic E-state index is -0.186. The second kappa shape index (κ2) is 5.91. The van der Waals surface area contributed by atoms with E-state index in [0.717, 1.165) is 30.6 Å². The summed E-state index contributed by atoms with van der Waals surface area (Å²) >= 11 is 6.41. The summed E-state index contributed by atoms with van der Waals surface area (Å²) in [4.78, 5) is 19.5. The fraction of sp³-hybridized carbons (Fsp3) is 0.278. The van der Waals surface area contributed by atoms with Crippen LogP contribution in [0, 0.1) is 6.92 Å². The molecule has 4 rings (SSSR count). The number of fused-ring (bicyclic) bond motifs is 2. The second-order valence-electron chi connectivity index (χ2n) is 6.12. The van der Waals surface area contributed by atoms with Crippen molar-refractivity contribution in [2.24, 2.45) is 0 Å². The molecule has 2 aromatic heterocycles. The van der Waals surface area contributed by atoms with Crippen molar-refractivity contribution in [2.45, 2.75) is 32.7 Å². The highest BCUT2D eigenvalue weighted by atomic mass is 35.5. The second-order valence-corrected chi connectivity index (χ2v) is 6.53. The largest absolute Gasteiger partial charge is 0.305 e. The number of hydrogen-bond donors (Lipinski definition) is 1. The molecule has 0 saturated carbocycles. The van der Waals surface area contributed by atoms with E-state index in [1.54, 1.807) is 12.1 Å². The van der Waals surface area contributed by atoms with Crippen LogP contribution in [0.3, 0.4) is 0 Å². The van der Waals surface area contributed by atoms with Gasteiger partial charge in [-0.2, -0.15) is 5.10 Å². The Morgan fingerprint density at radius 3 is 3.08 bits per heavy atom. The van der Waals surface area contributed by atoms with Gasteiger partial charge in [-0.15, -0.1) is 0 Å². The molecule has 0 aliphatic carbocycles. The molecule has 1 aliphatic rings. The van der Waals surface area contributed by atoms with Gasteiger partial charge < -0.3 is 4.98 Å². The molecule has 24 heavy (non-hydrogen) atoms. The number of aryl methyl sites for hydroxylation is 3. The number of nitrogens with one attached hydrogen (secondary N) is 1. The third-order valence-corrected chi connectivity index (χ3v) is 4.66. The summed E-state index contributed by atoms with van der Waals surface area (Å²) in [5.74, 6) is 0.370. The van der Waals surface area contributed by atoms with Gasteiger partial charge >= 0.3 is 0 Å². The van der Waals surface area contributed by atoms with E-state index in [-0.39, 0.29) is 5.56 Å². The van der Waals surface area contributed by atoms with Gasteiger partial charge in [0, 0.05) is 12.2 Å². The number of benzene rings is 1.